The number of allylic oxidation sites excluding steroid dienone is 2. The van der Waals surface area contributed by atoms with Gasteiger partial charge in [0.15, 0.2) is 5.84 Å². The van der Waals surface area contributed by atoms with Gasteiger partial charge in [-0.05, 0) is 30.7 Å². The van der Waals surface area contributed by atoms with Crippen molar-refractivity contribution in [3.63, 3.8) is 0 Å². The number of amides is 1. The molecule has 0 fully saturated rings. The Labute approximate surface area is 164 Å². The van der Waals surface area contributed by atoms with Gasteiger partial charge in [0.2, 0.25) is 0 Å². The highest BCUT2D eigenvalue weighted by Gasteiger charge is 2.30. The smallest absolute Gasteiger partial charge is 0.259 e. The van der Waals surface area contributed by atoms with E-state index in [0.717, 1.165) is 12.8 Å². The summed E-state index contributed by atoms with van der Waals surface area (Å²) in [6.45, 7) is 2.84. The maximum Gasteiger partial charge on any atom is 0.259 e. The van der Waals surface area contributed by atoms with Crippen LogP contribution in [0.2, 0.25) is 0 Å². The van der Waals surface area contributed by atoms with E-state index < -0.39 is 15.9 Å². The van der Waals surface area contributed by atoms with Crippen LogP contribution in [0.25, 0.3) is 0 Å². The highest BCUT2D eigenvalue weighted by Crippen LogP contribution is 2.30. The maximum atomic E-state index is 12.9. The van der Waals surface area contributed by atoms with Gasteiger partial charge in [0.05, 0.1) is 30.7 Å². The fraction of sp³-hybridized carbons (Fsp3) is 0.368. The van der Waals surface area contributed by atoms with Crippen molar-refractivity contribution >= 4 is 27.5 Å². The Balaban J connectivity index is 1.86. The summed E-state index contributed by atoms with van der Waals surface area (Å²) >= 11 is 0. The summed E-state index contributed by atoms with van der Waals surface area (Å²) in [5, 5.41) is 2.79. The molecular formula is C19H23N3O5S. The molecule has 0 atom stereocenters. The molecule has 0 radical (unpaired) electrons. The second kappa shape index (κ2) is 8.47. The number of rotatable bonds is 7. The molecule has 1 aromatic carbocycles. The van der Waals surface area contributed by atoms with E-state index in [1.165, 1.54) is 7.11 Å². The monoisotopic (exact) mass is 405 g/mol. The first-order valence-electron chi connectivity index (χ1n) is 9.04. The molecule has 1 N–H and O–H groups in total. The zero-order valence-corrected chi connectivity index (χ0v) is 16.7. The molecule has 8 nitrogen and oxygen atoms in total. The van der Waals surface area contributed by atoms with Crippen LogP contribution in [-0.2, 0) is 14.8 Å². The number of anilines is 1. The number of amidine groups is 1. The van der Waals surface area contributed by atoms with E-state index in [9.17, 15) is 13.2 Å². The number of hydrogen-bond acceptors (Lipinski definition) is 6. The Bertz CT molecular complexity index is 950. The average Bonchev–Trinajstić information content (AvgIpc) is 2.68. The third-order valence-corrected chi connectivity index (χ3v) is 5.44. The lowest BCUT2D eigenvalue weighted by atomic mass is 10.1. The Morgan fingerprint density at radius 2 is 2.18 bits per heavy atom. The number of nitrogens with one attached hydrogen (secondary N) is 1. The van der Waals surface area contributed by atoms with Crippen molar-refractivity contribution in [3.8, 4) is 11.5 Å². The maximum absolute atomic E-state index is 12.9. The second-order valence-corrected chi connectivity index (χ2v) is 8.09. The molecule has 2 aliphatic heterocycles. The van der Waals surface area contributed by atoms with E-state index in [2.05, 4.69) is 16.6 Å². The van der Waals surface area contributed by atoms with Crippen molar-refractivity contribution in [3.05, 3.63) is 42.1 Å². The Kier molecular flexibility index (Phi) is 6.03. The topological polar surface area (TPSA) is 97.3 Å². The summed E-state index contributed by atoms with van der Waals surface area (Å²) in [6.07, 6.45) is 6.81. The van der Waals surface area contributed by atoms with Crippen molar-refractivity contribution in [2.45, 2.75) is 19.8 Å². The van der Waals surface area contributed by atoms with Crippen LogP contribution in [-0.4, -0.2) is 51.1 Å². The van der Waals surface area contributed by atoms with E-state index in [4.69, 9.17) is 9.47 Å². The number of ether oxygens (including phenoxy) is 2. The molecule has 3 rings (SSSR count). The van der Waals surface area contributed by atoms with Gasteiger partial charge >= 0.3 is 0 Å². The van der Waals surface area contributed by atoms with Crippen LogP contribution in [0.3, 0.4) is 0 Å². The number of fused-ring (bicyclic) bond motifs is 1. The van der Waals surface area contributed by atoms with E-state index in [1.54, 1.807) is 41.5 Å². The Morgan fingerprint density at radius 3 is 2.93 bits per heavy atom. The lowest BCUT2D eigenvalue weighted by molar-refractivity contribution is -0.112. The van der Waals surface area contributed by atoms with Gasteiger partial charge in [0.25, 0.3) is 15.9 Å². The first-order chi connectivity index (χ1) is 13.4. The van der Waals surface area contributed by atoms with E-state index in [-0.39, 0.29) is 23.7 Å². The quantitative estimate of drug-likeness (QED) is 0.699. The summed E-state index contributed by atoms with van der Waals surface area (Å²) in [7, 11) is -2.05. The normalized spacial score (nSPS) is 17.3. The number of sulfonamides is 1. The van der Waals surface area contributed by atoms with Crippen molar-refractivity contribution in [1.82, 2.24) is 4.90 Å². The third kappa shape index (κ3) is 4.53. The van der Waals surface area contributed by atoms with Gasteiger partial charge in [-0.15, -0.1) is 4.40 Å². The van der Waals surface area contributed by atoms with Gasteiger partial charge in [-0.25, -0.2) is 8.42 Å². The average molecular weight is 405 g/mol. The summed E-state index contributed by atoms with van der Waals surface area (Å²) < 4.78 is 38.5. The van der Waals surface area contributed by atoms with Gasteiger partial charge in [-0.1, -0.05) is 13.3 Å². The summed E-state index contributed by atoms with van der Waals surface area (Å²) in [5.41, 5.74) is 0.620. The summed E-state index contributed by atoms with van der Waals surface area (Å²) in [5.74, 6) is 0.655. The van der Waals surface area contributed by atoms with Gasteiger partial charge in [0, 0.05) is 18.8 Å². The second-order valence-electron chi connectivity index (χ2n) is 6.33. The molecule has 0 saturated carbocycles. The van der Waals surface area contributed by atoms with Crippen molar-refractivity contribution in [2.24, 2.45) is 4.40 Å². The standard InChI is InChI=1S/C19H23N3O5S/c1-3-4-11-27-17-8-7-14(26-2)13-16(17)20-19(23)15-6-5-9-22-10-12-28(24,25)21-18(15)22/h5-9,13H,3-4,10-12H2,1-2H3,(H,20,23). The fourth-order valence-corrected chi connectivity index (χ4v) is 3.75. The molecule has 0 unspecified atom stereocenters. The molecule has 1 amide bonds. The number of carbonyl (C=O) groups is 1. The first kappa shape index (κ1) is 19.9. The largest absolute Gasteiger partial charge is 0.497 e. The number of benzene rings is 1. The van der Waals surface area contributed by atoms with Crippen LogP contribution in [0.4, 0.5) is 5.69 Å². The van der Waals surface area contributed by atoms with Crippen LogP contribution < -0.4 is 14.8 Å². The van der Waals surface area contributed by atoms with Crippen LogP contribution in [0.15, 0.2) is 46.5 Å². The van der Waals surface area contributed by atoms with Crippen LogP contribution in [0.5, 0.6) is 11.5 Å². The molecule has 2 aliphatic rings. The lowest BCUT2D eigenvalue weighted by Crippen LogP contribution is -2.40. The van der Waals surface area contributed by atoms with Crippen molar-refractivity contribution < 1.29 is 22.7 Å². The fourth-order valence-electron chi connectivity index (χ4n) is 2.77. The Morgan fingerprint density at radius 1 is 1.36 bits per heavy atom. The number of carbonyl (C=O) groups excluding carboxylic acids is 1. The van der Waals surface area contributed by atoms with Crippen molar-refractivity contribution in [2.75, 3.05) is 31.3 Å². The predicted octanol–water partition coefficient (Wildman–Crippen LogP) is 2.31. The molecule has 0 aliphatic carbocycles. The minimum atomic E-state index is -3.58. The van der Waals surface area contributed by atoms with Gasteiger partial charge in [-0.2, -0.15) is 0 Å². The summed E-state index contributed by atoms with van der Waals surface area (Å²) in [6, 6.07) is 5.14. The van der Waals surface area contributed by atoms with E-state index in [0.29, 0.717) is 23.8 Å². The minimum Gasteiger partial charge on any atom is -0.497 e. The molecule has 2 heterocycles. The highest BCUT2D eigenvalue weighted by molar-refractivity contribution is 7.90. The zero-order valence-electron chi connectivity index (χ0n) is 15.8. The molecule has 0 aromatic heterocycles. The Hall–Kier alpha value is -2.81. The number of hydrogen-bond donors (Lipinski definition) is 1. The third-order valence-electron chi connectivity index (χ3n) is 4.29. The molecule has 1 aromatic rings. The SMILES string of the molecule is CCCCOc1ccc(OC)cc1NC(=O)C1=CC=CN2CCS(=O)(=O)N=C12. The van der Waals surface area contributed by atoms with E-state index >= 15 is 0 Å². The number of nitrogens with zero attached hydrogens (tertiary/aromatic N) is 2. The highest BCUT2D eigenvalue weighted by atomic mass is 32.2. The van der Waals surface area contributed by atoms with Crippen LogP contribution in [0, 0.1) is 0 Å². The number of methoxy groups -OCH3 is 1. The number of unbranched alkanes of at least 4 members (excludes halogenated alkanes) is 1. The lowest BCUT2D eigenvalue weighted by Gasteiger charge is -2.28. The van der Waals surface area contributed by atoms with Gasteiger partial charge < -0.3 is 19.7 Å². The molecule has 28 heavy (non-hydrogen) atoms. The predicted molar refractivity (Wildman–Crippen MR) is 107 cm³/mol. The first-order valence-corrected chi connectivity index (χ1v) is 10.6. The molecule has 0 spiro atoms. The zero-order chi connectivity index (χ0) is 20.1. The molecule has 0 saturated heterocycles. The van der Waals surface area contributed by atoms with Crippen LogP contribution >= 0.6 is 0 Å². The molecule has 0 bridgehead atoms. The summed E-state index contributed by atoms with van der Waals surface area (Å²) in [4.78, 5) is 14.6. The molecule has 150 valence electrons. The minimum absolute atomic E-state index is 0.0823. The van der Waals surface area contributed by atoms with Crippen molar-refractivity contribution in [1.29, 1.82) is 0 Å². The van der Waals surface area contributed by atoms with Gasteiger partial charge in [0.1, 0.15) is 11.5 Å². The van der Waals surface area contributed by atoms with Crippen LogP contribution in [0.1, 0.15) is 19.8 Å². The van der Waals surface area contributed by atoms with Gasteiger partial charge in [-0.3, -0.25) is 4.79 Å². The van der Waals surface area contributed by atoms with E-state index in [1.807, 2.05) is 0 Å². The molecule has 9 heteroatoms. The molecular weight excluding hydrogens is 382 g/mol.